The second kappa shape index (κ2) is 8.93. The summed E-state index contributed by atoms with van der Waals surface area (Å²) in [5.74, 6) is -0.298. The fraction of sp³-hybridized carbons (Fsp3) is 0.391. The molecule has 7 nitrogen and oxygen atoms in total. The van der Waals surface area contributed by atoms with E-state index in [-0.39, 0.29) is 23.9 Å². The molecule has 10 heteroatoms. The van der Waals surface area contributed by atoms with Gasteiger partial charge in [-0.1, -0.05) is 24.3 Å². The average molecular weight is 463 g/mol. The van der Waals surface area contributed by atoms with Gasteiger partial charge in [-0.25, -0.2) is 4.79 Å². The molecule has 2 heterocycles. The fourth-order valence-corrected chi connectivity index (χ4v) is 4.18. The summed E-state index contributed by atoms with van der Waals surface area (Å²) in [6.07, 6.45) is -3.66. The highest BCUT2D eigenvalue weighted by molar-refractivity contribution is 5.77. The first-order valence-corrected chi connectivity index (χ1v) is 10.5. The third-order valence-corrected chi connectivity index (χ3v) is 5.80. The molecule has 2 aromatic carbocycles. The highest BCUT2D eigenvalue weighted by Crippen LogP contribution is 2.35. The molecule has 0 saturated carbocycles. The van der Waals surface area contributed by atoms with Crippen molar-refractivity contribution in [2.24, 2.45) is 0 Å². The molecular formula is C23H24F3N3O4. The number of ether oxygens (including phenoxy) is 2. The zero-order chi connectivity index (χ0) is 23.6. The Kier molecular flexibility index (Phi) is 6.20. The Morgan fingerprint density at radius 1 is 1.24 bits per heavy atom. The lowest BCUT2D eigenvalue weighted by molar-refractivity contribution is -0.274. The number of benzene rings is 2. The van der Waals surface area contributed by atoms with Crippen LogP contribution in [0.2, 0.25) is 0 Å². The molecule has 2 aliphatic heterocycles. The van der Waals surface area contributed by atoms with E-state index < -0.39 is 6.36 Å². The van der Waals surface area contributed by atoms with Crippen LogP contribution in [0.4, 0.5) is 18.0 Å². The van der Waals surface area contributed by atoms with E-state index in [9.17, 15) is 22.8 Å². The van der Waals surface area contributed by atoms with Crippen LogP contribution in [0.1, 0.15) is 23.6 Å². The molecule has 2 N–H and O–H groups in total. The molecule has 0 spiro atoms. The summed E-state index contributed by atoms with van der Waals surface area (Å²) in [5.41, 5.74) is 3.62. The molecule has 1 fully saturated rings. The van der Waals surface area contributed by atoms with Crippen molar-refractivity contribution in [2.75, 3.05) is 19.8 Å². The predicted molar refractivity (Wildman–Crippen MR) is 113 cm³/mol. The topological polar surface area (TPSA) is 79.9 Å². The standard InChI is InChI=1S/C23H24F3N3O4/c1-22(12-32-13-22)28-21(31)29-8-7-19-18(6-5-16(10-27-14-30)20(19)11-29)15-3-2-4-17(9-15)33-23(24,25)26/h2-6,9,14H,7-8,10-13H2,1H3,(H,27,30)(H,28,31). The second-order valence-electron chi connectivity index (χ2n) is 8.46. The van der Waals surface area contributed by atoms with Gasteiger partial charge >= 0.3 is 12.4 Å². The Labute approximate surface area is 188 Å². The van der Waals surface area contributed by atoms with Crippen molar-refractivity contribution in [1.82, 2.24) is 15.5 Å². The van der Waals surface area contributed by atoms with Crippen LogP contribution in [-0.2, 0) is 29.0 Å². The number of nitrogens with one attached hydrogen (secondary N) is 2. The van der Waals surface area contributed by atoms with Crippen molar-refractivity contribution < 1.29 is 32.2 Å². The molecule has 0 bridgehead atoms. The zero-order valence-electron chi connectivity index (χ0n) is 18.0. The van der Waals surface area contributed by atoms with Gasteiger partial charge in [0.1, 0.15) is 5.75 Å². The number of carbonyl (C=O) groups excluding carboxylic acids is 2. The highest BCUT2D eigenvalue weighted by atomic mass is 19.4. The number of alkyl halides is 3. The minimum atomic E-state index is -4.78. The maximum Gasteiger partial charge on any atom is 0.573 e. The molecule has 4 rings (SSSR count). The minimum absolute atomic E-state index is 0.202. The number of nitrogens with zero attached hydrogens (tertiary/aromatic N) is 1. The Morgan fingerprint density at radius 2 is 2.03 bits per heavy atom. The van der Waals surface area contributed by atoms with E-state index in [1.54, 1.807) is 11.0 Å². The Balaban J connectivity index is 1.65. The minimum Gasteiger partial charge on any atom is -0.406 e. The summed E-state index contributed by atoms with van der Waals surface area (Å²) < 4.78 is 47.3. The fourth-order valence-electron chi connectivity index (χ4n) is 4.18. The van der Waals surface area contributed by atoms with Crippen molar-refractivity contribution in [3.63, 3.8) is 0 Å². The van der Waals surface area contributed by atoms with Crippen molar-refractivity contribution in [3.05, 3.63) is 53.1 Å². The van der Waals surface area contributed by atoms with Crippen molar-refractivity contribution in [1.29, 1.82) is 0 Å². The normalized spacial score (nSPS) is 16.9. The molecule has 0 aliphatic carbocycles. The van der Waals surface area contributed by atoms with Gasteiger partial charge in [-0.3, -0.25) is 4.79 Å². The maximum atomic E-state index is 12.8. The molecule has 2 aliphatic rings. The van der Waals surface area contributed by atoms with Gasteiger partial charge in [0, 0.05) is 19.6 Å². The molecule has 176 valence electrons. The van der Waals surface area contributed by atoms with E-state index in [2.05, 4.69) is 15.4 Å². The number of urea groups is 1. The van der Waals surface area contributed by atoms with E-state index in [1.165, 1.54) is 18.2 Å². The molecule has 3 amide bonds. The van der Waals surface area contributed by atoms with Crippen LogP contribution in [0.15, 0.2) is 36.4 Å². The molecule has 1 saturated heterocycles. The lowest BCUT2D eigenvalue weighted by Crippen LogP contribution is -2.62. The number of halogens is 3. The van der Waals surface area contributed by atoms with Crippen molar-refractivity contribution >= 4 is 12.4 Å². The van der Waals surface area contributed by atoms with Gasteiger partial charge in [-0.05, 0) is 53.3 Å². The van der Waals surface area contributed by atoms with Crippen molar-refractivity contribution in [3.8, 4) is 16.9 Å². The maximum absolute atomic E-state index is 12.8. The Bertz CT molecular complexity index is 1050. The van der Waals surface area contributed by atoms with Crippen LogP contribution in [0.25, 0.3) is 11.1 Å². The van der Waals surface area contributed by atoms with E-state index in [4.69, 9.17) is 4.74 Å². The first kappa shape index (κ1) is 22.9. The van der Waals surface area contributed by atoms with E-state index in [0.29, 0.717) is 44.7 Å². The van der Waals surface area contributed by atoms with E-state index >= 15 is 0 Å². The summed E-state index contributed by atoms with van der Waals surface area (Å²) in [6, 6.07) is 9.28. The zero-order valence-corrected chi connectivity index (χ0v) is 18.0. The number of amides is 3. The number of fused-ring (bicyclic) bond motifs is 1. The molecule has 0 atom stereocenters. The summed E-state index contributed by atoms with van der Waals surface area (Å²) in [5, 5.41) is 5.65. The molecule has 2 aromatic rings. The van der Waals surface area contributed by atoms with Gasteiger partial charge in [-0.2, -0.15) is 0 Å². The SMILES string of the molecule is CC1(NC(=O)N2CCc3c(-c4cccc(OC(F)(F)F)c4)ccc(CNC=O)c3C2)COC1. The van der Waals surface area contributed by atoms with Gasteiger partial charge in [0.25, 0.3) is 0 Å². The van der Waals surface area contributed by atoms with Crippen LogP contribution in [0, 0.1) is 0 Å². The largest absolute Gasteiger partial charge is 0.573 e. The second-order valence-corrected chi connectivity index (χ2v) is 8.46. The summed E-state index contributed by atoms with van der Waals surface area (Å²) >= 11 is 0. The number of rotatable bonds is 6. The summed E-state index contributed by atoms with van der Waals surface area (Å²) in [4.78, 5) is 25.4. The lowest BCUT2D eigenvalue weighted by atomic mass is 9.87. The first-order chi connectivity index (χ1) is 15.7. The monoisotopic (exact) mass is 463 g/mol. The number of hydrogen-bond acceptors (Lipinski definition) is 4. The first-order valence-electron chi connectivity index (χ1n) is 10.5. The van der Waals surface area contributed by atoms with Crippen LogP contribution < -0.4 is 15.4 Å². The summed E-state index contributed by atoms with van der Waals surface area (Å²) in [7, 11) is 0. The molecule has 0 radical (unpaired) electrons. The average Bonchev–Trinajstić information content (AvgIpc) is 2.75. The predicted octanol–water partition coefficient (Wildman–Crippen LogP) is 3.35. The van der Waals surface area contributed by atoms with Crippen molar-refractivity contribution in [2.45, 2.75) is 38.3 Å². The highest BCUT2D eigenvalue weighted by Gasteiger charge is 2.37. The van der Waals surface area contributed by atoms with Crippen LogP contribution in [-0.4, -0.2) is 49.0 Å². The van der Waals surface area contributed by atoms with Gasteiger partial charge in [0.05, 0.1) is 18.8 Å². The molecule has 0 aromatic heterocycles. The summed E-state index contributed by atoms with van der Waals surface area (Å²) in [6.45, 7) is 3.88. The van der Waals surface area contributed by atoms with Crippen LogP contribution in [0.3, 0.4) is 0 Å². The van der Waals surface area contributed by atoms with E-state index in [0.717, 1.165) is 22.3 Å². The van der Waals surface area contributed by atoms with Gasteiger partial charge in [0.15, 0.2) is 0 Å². The third-order valence-electron chi connectivity index (χ3n) is 5.80. The van der Waals surface area contributed by atoms with Gasteiger partial charge < -0.3 is 25.0 Å². The Morgan fingerprint density at radius 3 is 2.70 bits per heavy atom. The van der Waals surface area contributed by atoms with Crippen LogP contribution >= 0.6 is 0 Å². The molecular weight excluding hydrogens is 439 g/mol. The smallest absolute Gasteiger partial charge is 0.406 e. The molecule has 0 unspecified atom stereocenters. The lowest BCUT2D eigenvalue weighted by Gasteiger charge is -2.41. The quantitative estimate of drug-likeness (QED) is 0.644. The van der Waals surface area contributed by atoms with Crippen LogP contribution in [0.5, 0.6) is 5.75 Å². The van der Waals surface area contributed by atoms with E-state index in [1.807, 2.05) is 19.1 Å². The number of hydrogen-bond donors (Lipinski definition) is 2. The Hall–Kier alpha value is -3.27. The third kappa shape index (κ3) is 5.22. The number of carbonyl (C=O) groups is 2. The van der Waals surface area contributed by atoms with Gasteiger partial charge in [0.2, 0.25) is 6.41 Å². The van der Waals surface area contributed by atoms with Gasteiger partial charge in [-0.15, -0.1) is 13.2 Å². The molecule has 33 heavy (non-hydrogen) atoms.